The molecule has 7 heteroatoms. The fraction of sp³-hybridized carbons (Fsp3) is 0.235. The molecule has 2 aromatic rings. The minimum Gasteiger partial charge on any atom is -0.489 e. The van der Waals surface area contributed by atoms with E-state index < -0.39 is 11.8 Å². The van der Waals surface area contributed by atoms with E-state index in [4.69, 9.17) is 26.2 Å². The van der Waals surface area contributed by atoms with Gasteiger partial charge < -0.3 is 14.6 Å². The van der Waals surface area contributed by atoms with Crippen LogP contribution >= 0.6 is 27.5 Å². The van der Waals surface area contributed by atoms with Gasteiger partial charge in [0.05, 0.1) is 28.3 Å². The Morgan fingerprint density at radius 3 is 2.71 bits per heavy atom. The molecule has 0 spiro atoms. The summed E-state index contributed by atoms with van der Waals surface area (Å²) in [5.41, 5.74) is 1.42. The Labute approximate surface area is 152 Å². The summed E-state index contributed by atoms with van der Waals surface area (Å²) in [6.07, 6.45) is 0. The Morgan fingerprint density at radius 1 is 1.33 bits per heavy atom. The van der Waals surface area contributed by atoms with E-state index in [-0.39, 0.29) is 24.8 Å². The number of carbonyl (C=O) groups excluding carboxylic acids is 1. The van der Waals surface area contributed by atoms with Gasteiger partial charge in [0.25, 0.3) is 0 Å². The monoisotopic (exact) mass is 416 g/mol. The van der Waals surface area contributed by atoms with Crippen LogP contribution < -0.4 is 4.74 Å². The second-order valence-corrected chi connectivity index (χ2v) is 6.02. The number of aliphatic hydroxyl groups is 1. The van der Waals surface area contributed by atoms with Crippen molar-refractivity contribution in [2.45, 2.75) is 6.92 Å². The first-order chi connectivity index (χ1) is 11.5. The van der Waals surface area contributed by atoms with E-state index in [0.717, 1.165) is 0 Å². The summed E-state index contributed by atoms with van der Waals surface area (Å²) in [7, 11) is 0. The first-order valence-electron chi connectivity index (χ1n) is 7.17. The predicted octanol–water partition coefficient (Wildman–Crippen LogP) is 4.46. The van der Waals surface area contributed by atoms with Gasteiger partial charge in [-0.3, -0.25) is 0 Å². The second-order valence-electron chi connectivity index (χ2n) is 4.76. The van der Waals surface area contributed by atoms with Gasteiger partial charge in [-0.15, -0.1) is 0 Å². The zero-order chi connectivity index (χ0) is 17.7. The molecule has 128 valence electrons. The van der Waals surface area contributed by atoms with Gasteiger partial charge in [0.2, 0.25) is 0 Å². The quantitative estimate of drug-likeness (QED) is 0.705. The molecule has 0 fully saturated rings. The SMILES string of the molecule is CCOC(=O)c1cc(Br)c(OCCO)c(-c2ccc(F)c(Cl)c2)c1. The highest BCUT2D eigenvalue weighted by Gasteiger charge is 2.18. The second kappa shape index (κ2) is 8.46. The van der Waals surface area contributed by atoms with Crippen LogP contribution in [0.3, 0.4) is 0 Å². The number of rotatable bonds is 6. The molecule has 0 unspecified atom stereocenters. The zero-order valence-corrected chi connectivity index (χ0v) is 15.2. The van der Waals surface area contributed by atoms with E-state index >= 15 is 0 Å². The third kappa shape index (κ3) is 4.26. The molecule has 0 saturated heterocycles. The average molecular weight is 418 g/mol. The van der Waals surface area contributed by atoms with Gasteiger partial charge in [-0.05, 0) is 52.7 Å². The van der Waals surface area contributed by atoms with Crippen LogP contribution in [0, 0.1) is 5.82 Å². The molecule has 2 aromatic carbocycles. The molecular weight excluding hydrogens is 403 g/mol. The fourth-order valence-electron chi connectivity index (χ4n) is 2.10. The van der Waals surface area contributed by atoms with Gasteiger partial charge in [0.1, 0.15) is 18.2 Å². The van der Waals surface area contributed by atoms with Crippen molar-refractivity contribution in [2.75, 3.05) is 19.8 Å². The van der Waals surface area contributed by atoms with Crippen LogP contribution in [0.15, 0.2) is 34.8 Å². The van der Waals surface area contributed by atoms with Crippen molar-refractivity contribution in [2.24, 2.45) is 0 Å². The van der Waals surface area contributed by atoms with E-state index in [1.807, 2.05) is 0 Å². The lowest BCUT2D eigenvalue weighted by molar-refractivity contribution is 0.0526. The molecule has 0 amide bonds. The number of hydrogen-bond donors (Lipinski definition) is 1. The number of aliphatic hydroxyl groups excluding tert-OH is 1. The maximum atomic E-state index is 13.4. The van der Waals surface area contributed by atoms with Gasteiger partial charge in [-0.2, -0.15) is 0 Å². The standard InChI is InChI=1S/C17H15BrClFO4/c1-2-23-17(22)11-7-12(10-3-4-15(20)14(19)9-10)16(13(18)8-11)24-6-5-21/h3-4,7-9,21H,2,5-6H2,1H3. The highest BCUT2D eigenvalue weighted by molar-refractivity contribution is 9.10. The van der Waals surface area contributed by atoms with Crippen LogP contribution in [-0.4, -0.2) is 30.9 Å². The van der Waals surface area contributed by atoms with E-state index in [1.165, 1.54) is 18.2 Å². The topological polar surface area (TPSA) is 55.8 Å². The van der Waals surface area contributed by atoms with Gasteiger partial charge in [0.15, 0.2) is 0 Å². The third-order valence-corrected chi connectivity index (χ3v) is 4.00. The highest BCUT2D eigenvalue weighted by atomic mass is 79.9. The Kier molecular flexibility index (Phi) is 6.60. The molecule has 0 aromatic heterocycles. The average Bonchev–Trinajstić information content (AvgIpc) is 2.56. The van der Waals surface area contributed by atoms with Crippen LogP contribution in [0.4, 0.5) is 4.39 Å². The summed E-state index contributed by atoms with van der Waals surface area (Å²) in [6, 6.07) is 7.36. The van der Waals surface area contributed by atoms with E-state index in [9.17, 15) is 9.18 Å². The molecule has 0 aliphatic heterocycles. The largest absolute Gasteiger partial charge is 0.489 e. The van der Waals surface area contributed by atoms with Crippen molar-refractivity contribution in [3.05, 3.63) is 51.2 Å². The summed E-state index contributed by atoms with van der Waals surface area (Å²) in [4.78, 5) is 12.0. The van der Waals surface area contributed by atoms with Crippen molar-refractivity contribution >= 4 is 33.5 Å². The summed E-state index contributed by atoms with van der Waals surface area (Å²) in [5.74, 6) is -0.611. The summed E-state index contributed by atoms with van der Waals surface area (Å²) in [5, 5.41) is 8.94. The minimum absolute atomic E-state index is 0.0433. The molecule has 4 nitrogen and oxygen atoms in total. The van der Waals surface area contributed by atoms with Crippen molar-refractivity contribution in [1.82, 2.24) is 0 Å². The minimum atomic E-state index is -0.543. The van der Waals surface area contributed by atoms with Gasteiger partial charge in [-0.25, -0.2) is 9.18 Å². The summed E-state index contributed by atoms with van der Waals surface area (Å²) in [6.45, 7) is 1.86. The van der Waals surface area contributed by atoms with Crippen molar-refractivity contribution in [1.29, 1.82) is 0 Å². The number of carbonyl (C=O) groups is 1. The van der Waals surface area contributed by atoms with Crippen LogP contribution in [0.2, 0.25) is 5.02 Å². The molecule has 0 bridgehead atoms. The smallest absolute Gasteiger partial charge is 0.338 e. The first-order valence-corrected chi connectivity index (χ1v) is 8.34. The highest BCUT2D eigenvalue weighted by Crippen LogP contribution is 2.39. The fourth-order valence-corrected chi connectivity index (χ4v) is 2.85. The molecule has 0 aliphatic carbocycles. The number of esters is 1. The third-order valence-electron chi connectivity index (χ3n) is 3.12. The van der Waals surface area contributed by atoms with Gasteiger partial charge in [0, 0.05) is 5.56 Å². The number of benzene rings is 2. The predicted molar refractivity (Wildman–Crippen MR) is 93.1 cm³/mol. The molecule has 0 radical (unpaired) electrons. The lowest BCUT2D eigenvalue weighted by Gasteiger charge is -2.15. The van der Waals surface area contributed by atoms with Crippen molar-refractivity contribution in [3.63, 3.8) is 0 Å². The Hall–Kier alpha value is -1.63. The number of ether oxygens (including phenoxy) is 2. The van der Waals surface area contributed by atoms with Gasteiger partial charge in [-0.1, -0.05) is 17.7 Å². The number of hydrogen-bond acceptors (Lipinski definition) is 4. The van der Waals surface area contributed by atoms with Crippen LogP contribution in [0.5, 0.6) is 5.75 Å². The lowest BCUT2D eigenvalue weighted by atomic mass is 10.0. The molecule has 0 aliphatic rings. The maximum Gasteiger partial charge on any atom is 0.338 e. The molecule has 2 rings (SSSR count). The van der Waals surface area contributed by atoms with E-state index in [0.29, 0.717) is 26.9 Å². The van der Waals surface area contributed by atoms with Crippen LogP contribution in [-0.2, 0) is 4.74 Å². The Bertz CT molecular complexity index is 752. The Balaban J connectivity index is 2.59. The van der Waals surface area contributed by atoms with E-state index in [2.05, 4.69) is 15.9 Å². The summed E-state index contributed by atoms with van der Waals surface area (Å²) >= 11 is 9.21. The normalized spacial score (nSPS) is 10.5. The molecule has 0 atom stereocenters. The van der Waals surface area contributed by atoms with Crippen molar-refractivity contribution in [3.8, 4) is 16.9 Å². The van der Waals surface area contributed by atoms with Crippen LogP contribution in [0.25, 0.3) is 11.1 Å². The molecule has 1 N–H and O–H groups in total. The van der Waals surface area contributed by atoms with Crippen molar-refractivity contribution < 1.29 is 23.8 Å². The molecule has 0 saturated carbocycles. The zero-order valence-electron chi connectivity index (χ0n) is 12.8. The molecule has 0 heterocycles. The van der Waals surface area contributed by atoms with Gasteiger partial charge >= 0.3 is 5.97 Å². The summed E-state index contributed by atoms with van der Waals surface area (Å²) < 4.78 is 24.5. The Morgan fingerprint density at radius 2 is 2.08 bits per heavy atom. The number of halogens is 3. The first kappa shape index (κ1) is 18.7. The van der Waals surface area contributed by atoms with E-state index in [1.54, 1.807) is 19.1 Å². The maximum absolute atomic E-state index is 13.4. The molecule has 24 heavy (non-hydrogen) atoms. The lowest BCUT2D eigenvalue weighted by Crippen LogP contribution is -2.07. The molecular formula is C17H15BrClFO4. The van der Waals surface area contributed by atoms with Crippen LogP contribution in [0.1, 0.15) is 17.3 Å².